The van der Waals surface area contributed by atoms with Crippen molar-refractivity contribution < 1.29 is 14.3 Å². The zero-order chi connectivity index (χ0) is 26.9. The molecule has 0 aromatic carbocycles. The van der Waals surface area contributed by atoms with Crippen molar-refractivity contribution in [2.75, 3.05) is 39.6 Å². The quantitative estimate of drug-likeness (QED) is 0.142. The van der Waals surface area contributed by atoms with E-state index in [1.807, 2.05) is 56.4 Å². The summed E-state index contributed by atoms with van der Waals surface area (Å²) in [6, 6.07) is -0.471. The highest BCUT2D eigenvalue weighted by atomic mass is 16.5. The lowest BCUT2D eigenvalue weighted by atomic mass is 10.0. The molecule has 7 nitrogen and oxygen atoms in total. The second-order valence-corrected chi connectivity index (χ2v) is 8.67. The molecular formula is C30H42N4O3. The van der Waals surface area contributed by atoms with Crippen LogP contribution in [-0.2, 0) is 14.3 Å². The van der Waals surface area contributed by atoms with E-state index < -0.39 is 6.04 Å². The number of carbonyl (C=O) groups excluding carboxylic acids is 1. The van der Waals surface area contributed by atoms with Crippen LogP contribution in [0.25, 0.3) is 0 Å². The maximum absolute atomic E-state index is 13.3. The molecule has 7 heteroatoms. The van der Waals surface area contributed by atoms with Gasteiger partial charge in [-0.2, -0.15) is 0 Å². The third kappa shape index (κ3) is 11.0. The van der Waals surface area contributed by atoms with E-state index in [9.17, 15) is 4.79 Å². The van der Waals surface area contributed by atoms with E-state index in [2.05, 4.69) is 40.8 Å². The highest BCUT2D eigenvalue weighted by molar-refractivity contribution is 5.87. The van der Waals surface area contributed by atoms with Crippen LogP contribution in [0.4, 0.5) is 0 Å². The molecule has 200 valence electrons. The lowest BCUT2D eigenvalue weighted by Crippen LogP contribution is -2.51. The van der Waals surface area contributed by atoms with Crippen molar-refractivity contribution >= 4 is 5.91 Å². The molecule has 1 heterocycles. The summed E-state index contributed by atoms with van der Waals surface area (Å²) in [5, 5.41) is 6.26. The molecule has 1 fully saturated rings. The third-order valence-electron chi connectivity index (χ3n) is 5.87. The Kier molecular flexibility index (Phi) is 13.8. The number of hydrogen-bond donors (Lipinski definition) is 3. The average molecular weight is 507 g/mol. The van der Waals surface area contributed by atoms with E-state index in [4.69, 9.17) is 15.2 Å². The molecule has 1 aliphatic carbocycles. The topological polar surface area (TPSA) is 88.8 Å². The molecule has 1 aliphatic heterocycles. The second-order valence-electron chi connectivity index (χ2n) is 8.67. The lowest BCUT2D eigenvalue weighted by Gasteiger charge is -2.34. The maximum atomic E-state index is 13.3. The Morgan fingerprint density at radius 2 is 2.03 bits per heavy atom. The molecule has 4 N–H and O–H groups in total. The molecule has 0 aromatic heterocycles. The van der Waals surface area contributed by atoms with Crippen LogP contribution >= 0.6 is 0 Å². The van der Waals surface area contributed by atoms with Crippen LogP contribution in [0, 0.1) is 0 Å². The molecule has 1 atom stereocenters. The number of carbonyl (C=O) groups is 1. The van der Waals surface area contributed by atoms with Crippen LogP contribution < -0.4 is 16.4 Å². The number of nitrogens with one attached hydrogen (secondary N) is 2. The van der Waals surface area contributed by atoms with Crippen molar-refractivity contribution in [1.82, 2.24) is 15.5 Å². The number of hydrogen-bond acceptors (Lipinski definition) is 6. The van der Waals surface area contributed by atoms with Crippen LogP contribution in [0.5, 0.6) is 0 Å². The molecule has 0 saturated carbocycles. The van der Waals surface area contributed by atoms with Gasteiger partial charge in [-0.1, -0.05) is 67.8 Å². The number of ether oxygens (including phenoxy) is 2. The Bertz CT molecular complexity index is 992. The lowest BCUT2D eigenvalue weighted by molar-refractivity contribution is -0.125. The van der Waals surface area contributed by atoms with Crippen molar-refractivity contribution in [2.45, 2.75) is 32.7 Å². The molecule has 1 saturated heterocycles. The first-order chi connectivity index (χ1) is 18.0. The average Bonchev–Trinajstić information content (AvgIpc) is 3.13. The molecule has 0 bridgehead atoms. The summed E-state index contributed by atoms with van der Waals surface area (Å²) in [5.74, 6) is -0.111. The number of morpholine rings is 1. The van der Waals surface area contributed by atoms with Gasteiger partial charge in [-0.25, -0.2) is 0 Å². The van der Waals surface area contributed by atoms with E-state index in [0.717, 1.165) is 29.0 Å². The van der Waals surface area contributed by atoms with Gasteiger partial charge in [0, 0.05) is 24.5 Å². The summed E-state index contributed by atoms with van der Waals surface area (Å²) in [4.78, 5) is 15.4. The Balaban J connectivity index is 1.87. The van der Waals surface area contributed by atoms with Gasteiger partial charge in [-0.05, 0) is 50.0 Å². The molecule has 37 heavy (non-hydrogen) atoms. The van der Waals surface area contributed by atoms with Gasteiger partial charge in [-0.3, -0.25) is 9.69 Å². The fraction of sp³-hybridized carbons (Fsp3) is 0.367. The molecule has 1 amide bonds. The van der Waals surface area contributed by atoms with Crippen LogP contribution in [0.3, 0.4) is 0 Å². The molecule has 0 aromatic rings. The van der Waals surface area contributed by atoms with Crippen molar-refractivity contribution in [3.8, 4) is 0 Å². The zero-order valence-corrected chi connectivity index (χ0v) is 22.2. The van der Waals surface area contributed by atoms with E-state index in [1.165, 1.54) is 0 Å². The van der Waals surface area contributed by atoms with Crippen molar-refractivity contribution in [3.05, 3.63) is 108 Å². The first-order valence-electron chi connectivity index (χ1n) is 12.7. The number of rotatable bonds is 14. The van der Waals surface area contributed by atoms with Gasteiger partial charge in [0.1, 0.15) is 12.8 Å². The van der Waals surface area contributed by atoms with Gasteiger partial charge >= 0.3 is 0 Å². The standard InChI is InChI=1S/C30H42N4O3/c1-5-7-9-10-15-28(31)25(4)32-23-37-22-26-13-11-14-27(17-16-26)33-30(35)29(24(3)12-8-6-2)34-18-20-36-21-19-34/h5-8,10,12-17,29,32H,2-3,9,11,18-23,31H2,1,4H3,(H,33,35)/b7-5-,12-8-,15-10?,28-25-. The van der Waals surface area contributed by atoms with Gasteiger partial charge in [0.15, 0.2) is 0 Å². The number of amides is 1. The highest BCUT2D eigenvalue weighted by Gasteiger charge is 2.29. The Morgan fingerprint density at radius 3 is 2.76 bits per heavy atom. The Morgan fingerprint density at radius 1 is 1.24 bits per heavy atom. The second kappa shape index (κ2) is 17.1. The first kappa shape index (κ1) is 29.8. The van der Waals surface area contributed by atoms with E-state index in [-0.39, 0.29) is 5.91 Å². The van der Waals surface area contributed by atoms with Gasteiger partial charge in [-0.15, -0.1) is 0 Å². The van der Waals surface area contributed by atoms with Crippen LogP contribution in [0.1, 0.15) is 26.7 Å². The first-order valence-corrected chi connectivity index (χ1v) is 12.7. The summed E-state index contributed by atoms with van der Waals surface area (Å²) in [7, 11) is 0. The summed E-state index contributed by atoms with van der Waals surface area (Å²) < 4.78 is 11.2. The predicted octanol–water partition coefficient (Wildman–Crippen LogP) is 4.15. The number of allylic oxidation sites excluding steroid dienone is 10. The molecule has 2 rings (SSSR count). The number of nitrogens with two attached hydrogens (primary N) is 1. The molecule has 0 radical (unpaired) electrons. The van der Waals surface area contributed by atoms with Gasteiger partial charge in [0.05, 0.1) is 25.5 Å². The SMILES string of the molecule is C=C/C=C\C(=C)C(C(=O)NC1=CCC=C(COCN/C(C)=C(\N)C=CC/C=C\C)C=C1)N1CCOCC1. The fourth-order valence-corrected chi connectivity index (χ4v) is 3.73. The minimum absolute atomic E-state index is 0.111. The minimum Gasteiger partial charge on any atom is -0.397 e. The zero-order valence-electron chi connectivity index (χ0n) is 22.2. The van der Waals surface area contributed by atoms with E-state index >= 15 is 0 Å². The largest absolute Gasteiger partial charge is 0.397 e. The smallest absolute Gasteiger partial charge is 0.246 e. The van der Waals surface area contributed by atoms with Gasteiger partial charge < -0.3 is 25.8 Å². The predicted molar refractivity (Wildman–Crippen MR) is 152 cm³/mol. The molecular weight excluding hydrogens is 464 g/mol. The van der Waals surface area contributed by atoms with Crippen molar-refractivity contribution in [2.24, 2.45) is 5.73 Å². The van der Waals surface area contributed by atoms with Crippen molar-refractivity contribution in [1.29, 1.82) is 0 Å². The summed E-state index contributed by atoms with van der Waals surface area (Å²) >= 11 is 0. The van der Waals surface area contributed by atoms with E-state index in [1.54, 1.807) is 12.2 Å². The molecule has 2 aliphatic rings. The maximum Gasteiger partial charge on any atom is 0.246 e. The third-order valence-corrected chi connectivity index (χ3v) is 5.87. The van der Waals surface area contributed by atoms with Crippen LogP contribution in [-0.4, -0.2) is 56.5 Å². The highest BCUT2D eigenvalue weighted by Crippen LogP contribution is 2.16. The van der Waals surface area contributed by atoms with Crippen molar-refractivity contribution in [3.63, 3.8) is 0 Å². The summed E-state index contributed by atoms with van der Waals surface area (Å²) in [6.45, 7) is 15.1. The van der Waals surface area contributed by atoms with Crippen LogP contribution in [0.15, 0.2) is 108 Å². The molecule has 0 spiro atoms. The summed E-state index contributed by atoms with van der Waals surface area (Å²) in [6.07, 6.45) is 22.8. The minimum atomic E-state index is -0.471. The normalized spacial score (nSPS) is 18.3. The van der Waals surface area contributed by atoms with Gasteiger partial charge in [0.2, 0.25) is 5.91 Å². The summed E-state index contributed by atoms with van der Waals surface area (Å²) in [5.41, 5.74) is 10.1. The van der Waals surface area contributed by atoms with Crippen LogP contribution in [0.2, 0.25) is 0 Å². The van der Waals surface area contributed by atoms with E-state index in [0.29, 0.717) is 51.8 Å². The molecule has 1 unspecified atom stereocenters. The Labute approximate surface area is 222 Å². The fourth-order valence-electron chi connectivity index (χ4n) is 3.73. The van der Waals surface area contributed by atoms with Gasteiger partial charge in [0.25, 0.3) is 0 Å². The number of nitrogens with zero attached hydrogens (tertiary/aromatic N) is 1. The monoisotopic (exact) mass is 506 g/mol. The Hall–Kier alpha value is -3.39.